The van der Waals surface area contributed by atoms with E-state index in [0.717, 1.165) is 5.56 Å². The second-order valence-corrected chi connectivity index (χ2v) is 6.54. The minimum Gasteiger partial charge on any atom is -0.477 e. The van der Waals surface area contributed by atoms with Gasteiger partial charge in [0.15, 0.2) is 17.2 Å². The molecule has 1 N–H and O–H groups in total. The predicted octanol–water partition coefficient (Wildman–Crippen LogP) is 3.10. The van der Waals surface area contributed by atoms with Crippen LogP contribution < -0.4 is 0 Å². The Hall–Kier alpha value is -2.76. The summed E-state index contributed by atoms with van der Waals surface area (Å²) in [4.78, 5) is 15.2. The van der Waals surface area contributed by atoms with Gasteiger partial charge in [-0.1, -0.05) is 45.0 Å². The number of carboxylic acids is 1. The molecule has 0 spiro atoms. The Morgan fingerprint density at radius 3 is 2.35 bits per heavy atom. The number of rotatable bonds is 2. The summed E-state index contributed by atoms with van der Waals surface area (Å²) in [7, 11) is 0. The van der Waals surface area contributed by atoms with Gasteiger partial charge in [0.05, 0.1) is 0 Å². The zero-order valence-electron chi connectivity index (χ0n) is 13.5. The van der Waals surface area contributed by atoms with Crippen molar-refractivity contribution in [1.82, 2.24) is 19.6 Å². The first-order valence-electron chi connectivity index (χ1n) is 7.34. The first kappa shape index (κ1) is 15.1. The fraction of sp³-hybridized carbons (Fsp3) is 0.294. The van der Waals surface area contributed by atoms with Crippen LogP contribution >= 0.6 is 0 Å². The van der Waals surface area contributed by atoms with Gasteiger partial charge in [0.1, 0.15) is 5.82 Å². The van der Waals surface area contributed by atoms with Crippen LogP contribution in [0.2, 0.25) is 0 Å². The van der Waals surface area contributed by atoms with Gasteiger partial charge in [-0.15, -0.1) is 10.2 Å². The first-order chi connectivity index (χ1) is 10.8. The molecule has 0 aliphatic rings. The fourth-order valence-corrected chi connectivity index (χ4v) is 2.50. The molecule has 0 aliphatic carbocycles. The van der Waals surface area contributed by atoms with Gasteiger partial charge in [0, 0.05) is 11.6 Å². The summed E-state index contributed by atoms with van der Waals surface area (Å²) in [5.74, 6) is 0.122. The summed E-state index contributed by atoms with van der Waals surface area (Å²) in [5.41, 5.74) is 2.68. The molecule has 0 aliphatic heterocycles. The molecule has 0 saturated carbocycles. The van der Waals surface area contributed by atoms with Crippen LogP contribution in [0.4, 0.5) is 0 Å². The van der Waals surface area contributed by atoms with E-state index in [-0.39, 0.29) is 11.1 Å². The Balaban J connectivity index is 2.12. The van der Waals surface area contributed by atoms with Crippen LogP contribution in [0.15, 0.2) is 30.3 Å². The average molecular weight is 310 g/mol. The maximum atomic E-state index is 11.1. The summed E-state index contributed by atoms with van der Waals surface area (Å²) in [6.45, 7) is 8.23. The number of fused-ring (bicyclic) bond motifs is 1. The highest BCUT2D eigenvalue weighted by atomic mass is 16.4. The third kappa shape index (κ3) is 2.67. The van der Waals surface area contributed by atoms with Crippen molar-refractivity contribution in [1.29, 1.82) is 0 Å². The highest BCUT2D eigenvalue weighted by molar-refractivity contribution is 5.86. The van der Waals surface area contributed by atoms with Gasteiger partial charge in [-0.05, 0) is 17.9 Å². The van der Waals surface area contributed by atoms with Crippen LogP contribution in [0.25, 0.3) is 17.0 Å². The molecular formula is C17H18N4O2. The molecule has 0 unspecified atom stereocenters. The Kier molecular flexibility index (Phi) is 3.39. The monoisotopic (exact) mass is 310 g/mol. The Labute approximate surface area is 133 Å². The van der Waals surface area contributed by atoms with E-state index in [4.69, 9.17) is 5.11 Å². The SMILES string of the molecule is Cc1nc(C(=O)O)cc2nnc(-c3ccc(C(C)(C)C)cc3)n12. The number of benzene rings is 1. The molecule has 23 heavy (non-hydrogen) atoms. The van der Waals surface area contributed by atoms with E-state index in [9.17, 15) is 4.79 Å². The van der Waals surface area contributed by atoms with Gasteiger partial charge in [0.2, 0.25) is 0 Å². The van der Waals surface area contributed by atoms with Gasteiger partial charge in [-0.25, -0.2) is 9.78 Å². The molecule has 1 aromatic carbocycles. The molecule has 6 nitrogen and oxygen atoms in total. The van der Waals surface area contributed by atoms with Gasteiger partial charge in [-0.2, -0.15) is 0 Å². The molecular weight excluding hydrogens is 292 g/mol. The van der Waals surface area contributed by atoms with Crippen LogP contribution in [-0.2, 0) is 5.41 Å². The summed E-state index contributed by atoms with van der Waals surface area (Å²) >= 11 is 0. The van der Waals surface area contributed by atoms with Crippen molar-refractivity contribution in [3.05, 3.63) is 47.4 Å². The maximum absolute atomic E-state index is 11.1. The lowest BCUT2D eigenvalue weighted by molar-refractivity contribution is 0.0690. The number of hydrogen-bond acceptors (Lipinski definition) is 4. The van der Waals surface area contributed by atoms with E-state index in [1.807, 2.05) is 12.1 Å². The third-order valence-electron chi connectivity index (χ3n) is 3.79. The quantitative estimate of drug-likeness (QED) is 0.786. The molecule has 3 aromatic rings. The number of carbonyl (C=O) groups is 1. The molecule has 118 valence electrons. The molecule has 3 rings (SSSR count). The van der Waals surface area contributed by atoms with Crippen molar-refractivity contribution < 1.29 is 9.90 Å². The second kappa shape index (κ2) is 5.15. The molecule has 0 bridgehead atoms. The Morgan fingerprint density at radius 2 is 1.78 bits per heavy atom. The normalized spacial score (nSPS) is 11.8. The standard InChI is InChI=1S/C17H18N4O2/c1-10-18-13(16(22)23)9-14-19-20-15(21(10)14)11-5-7-12(8-6-11)17(2,3)4/h5-9H,1-4H3,(H,22,23). The maximum Gasteiger partial charge on any atom is 0.354 e. The van der Waals surface area contributed by atoms with E-state index < -0.39 is 5.97 Å². The molecule has 0 saturated heterocycles. The zero-order valence-corrected chi connectivity index (χ0v) is 13.5. The van der Waals surface area contributed by atoms with Gasteiger partial charge < -0.3 is 5.11 Å². The fourth-order valence-electron chi connectivity index (χ4n) is 2.50. The Morgan fingerprint density at radius 1 is 1.13 bits per heavy atom. The molecule has 6 heteroatoms. The zero-order chi connectivity index (χ0) is 16.8. The van der Waals surface area contributed by atoms with Crippen molar-refractivity contribution in [3.8, 4) is 11.4 Å². The molecule has 0 amide bonds. The van der Waals surface area contributed by atoms with E-state index in [1.165, 1.54) is 11.6 Å². The van der Waals surface area contributed by atoms with Crippen LogP contribution in [0.1, 0.15) is 42.6 Å². The number of aromatic carboxylic acids is 1. The molecule has 2 aromatic heterocycles. The minimum absolute atomic E-state index is 0.0305. The van der Waals surface area contributed by atoms with Crippen LogP contribution in [0.3, 0.4) is 0 Å². The first-order valence-corrected chi connectivity index (χ1v) is 7.34. The predicted molar refractivity (Wildman–Crippen MR) is 86.6 cm³/mol. The van der Waals surface area contributed by atoms with Gasteiger partial charge in [0.25, 0.3) is 0 Å². The van der Waals surface area contributed by atoms with Gasteiger partial charge in [-0.3, -0.25) is 4.40 Å². The summed E-state index contributed by atoms with van der Waals surface area (Å²) < 4.78 is 1.76. The van der Waals surface area contributed by atoms with Crippen molar-refractivity contribution in [2.24, 2.45) is 0 Å². The topological polar surface area (TPSA) is 80.4 Å². The van der Waals surface area contributed by atoms with E-state index in [1.54, 1.807) is 11.3 Å². The molecule has 0 atom stereocenters. The summed E-state index contributed by atoms with van der Waals surface area (Å²) in [5, 5.41) is 17.4. The van der Waals surface area contributed by atoms with Crippen LogP contribution in [-0.4, -0.2) is 30.7 Å². The number of carboxylic acid groups (broad SMARTS) is 1. The van der Waals surface area contributed by atoms with Crippen LogP contribution in [0, 0.1) is 6.92 Å². The number of nitrogens with zero attached hydrogens (tertiary/aromatic N) is 4. The highest BCUT2D eigenvalue weighted by Gasteiger charge is 2.17. The highest BCUT2D eigenvalue weighted by Crippen LogP contribution is 2.26. The number of aryl methyl sites for hydroxylation is 1. The second-order valence-electron chi connectivity index (χ2n) is 6.54. The summed E-state index contributed by atoms with van der Waals surface area (Å²) in [6.07, 6.45) is 0. The Bertz CT molecular complexity index is 889. The molecule has 0 fully saturated rings. The van der Waals surface area contributed by atoms with Crippen molar-refractivity contribution in [2.45, 2.75) is 33.1 Å². The van der Waals surface area contributed by atoms with Crippen LogP contribution in [0.5, 0.6) is 0 Å². The molecule has 0 radical (unpaired) electrons. The lowest BCUT2D eigenvalue weighted by Gasteiger charge is -2.19. The molecule has 2 heterocycles. The van der Waals surface area contributed by atoms with Crippen molar-refractivity contribution in [2.75, 3.05) is 0 Å². The van der Waals surface area contributed by atoms with E-state index in [0.29, 0.717) is 17.3 Å². The number of aromatic nitrogens is 4. The lowest BCUT2D eigenvalue weighted by atomic mass is 9.87. The largest absolute Gasteiger partial charge is 0.477 e. The smallest absolute Gasteiger partial charge is 0.354 e. The lowest BCUT2D eigenvalue weighted by Crippen LogP contribution is -2.10. The minimum atomic E-state index is -1.07. The van der Waals surface area contributed by atoms with Crippen molar-refractivity contribution >= 4 is 11.6 Å². The summed E-state index contributed by atoms with van der Waals surface area (Å²) in [6, 6.07) is 9.58. The van der Waals surface area contributed by atoms with Crippen molar-refractivity contribution in [3.63, 3.8) is 0 Å². The van der Waals surface area contributed by atoms with Gasteiger partial charge >= 0.3 is 5.97 Å². The number of hydrogen-bond donors (Lipinski definition) is 1. The average Bonchev–Trinajstić information content (AvgIpc) is 2.91. The third-order valence-corrected chi connectivity index (χ3v) is 3.79. The van der Waals surface area contributed by atoms with E-state index >= 15 is 0 Å². The van der Waals surface area contributed by atoms with E-state index in [2.05, 4.69) is 48.1 Å².